The molecule has 0 amide bonds. The van der Waals surface area contributed by atoms with Crippen LogP contribution in [0.5, 0.6) is 5.75 Å². The van der Waals surface area contributed by atoms with E-state index in [-0.39, 0.29) is 5.75 Å². The summed E-state index contributed by atoms with van der Waals surface area (Å²) in [5.74, 6) is 0.757. The van der Waals surface area contributed by atoms with Crippen molar-refractivity contribution in [1.82, 2.24) is 0 Å². The minimum Gasteiger partial charge on any atom is -0.493 e. The molecule has 1 aromatic carbocycles. The number of rotatable bonds is 5. The second-order valence-electron chi connectivity index (χ2n) is 3.84. The highest BCUT2D eigenvalue weighted by Gasteiger charge is 2.03. The third kappa shape index (κ3) is 4.63. The lowest BCUT2D eigenvalue weighted by molar-refractivity contribution is 0.315. The zero-order valence-electron chi connectivity index (χ0n) is 9.56. The molecule has 0 saturated heterocycles. The maximum absolute atomic E-state index is 10.7. The van der Waals surface area contributed by atoms with Gasteiger partial charge >= 0.3 is 0 Å². The van der Waals surface area contributed by atoms with E-state index in [0.29, 0.717) is 13.0 Å². The number of nitrogens with two attached hydrogens (primary N) is 1. The molecule has 5 heteroatoms. The zero-order chi connectivity index (χ0) is 12.2. The Hall–Kier alpha value is -1.07. The van der Waals surface area contributed by atoms with Gasteiger partial charge < -0.3 is 4.74 Å². The summed E-state index contributed by atoms with van der Waals surface area (Å²) < 4.78 is 26.9. The van der Waals surface area contributed by atoms with Crippen LogP contribution < -0.4 is 9.88 Å². The highest BCUT2D eigenvalue weighted by molar-refractivity contribution is 7.89. The van der Waals surface area contributed by atoms with Gasteiger partial charge in [0.1, 0.15) is 5.75 Å². The second kappa shape index (κ2) is 5.32. The van der Waals surface area contributed by atoms with E-state index >= 15 is 0 Å². The summed E-state index contributed by atoms with van der Waals surface area (Å²) >= 11 is 0. The summed E-state index contributed by atoms with van der Waals surface area (Å²) in [4.78, 5) is 0. The SMILES string of the molecule is Cc1ccc(C)c(OCCCS(N)(=O)=O)c1. The Balaban J connectivity index is 2.46. The van der Waals surface area contributed by atoms with Gasteiger partial charge in [0.2, 0.25) is 10.0 Å². The lowest BCUT2D eigenvalue weighted by Crippen LogP contribution is -2.18. The van der Waals surface area contributed by atoms with Gasteiger partial charge in [-0.3, -0.25) is 0 Å². The van der Waals surface area contributed by atoms with E-state index in [0.717, 1.165) is 16.9 Å². The summed E-state index contributed by atoms with van der Waals surface area (Å²) in [6.45, 7) is 4.30. The van der Waals surface area contributed by atoms with Crippen molar-refractivity contribution in [1.29, 1.82) is 0 Å². The Labute approximate surface area is 96.5 Å². The first-order valence-corrected chi connectivity index (χ1v) is 6.80. The molecule has 0 bridgehead atoms. The van der Waals surface area contributed by atoms with Gasteiger partial charge in [-0.15, -0.1) is 0 Å². The lowest BCUT2D eigenvalue weighted by atomic mass is 10.1. The van der Waals surface area contributed by atoms with Crippen LogP contribution in [0.15, 0.2) is 18.2 Å². The summed E-state index contributed by atoms with van der Waals surface area (Å²) in [5.41, 5.74) is 2.16. The van der Waals surface area contributed by atoms with Crippen LogP contribution in [-0.2, 0) is 10.0 Å². The Bertz CT molecular complexity index is 454. The van der Waals surface area contributed by atoms with Crippen LogP contribution in [0.1, 0.15) is 17.5 Å². The van der Waals surface area contributed by atoms with Gasteiger partial charge in [0.15, 0.2) is 0 Å². The number of aryl methyl sites for hydroxylation is 2. The molecule has 0 aliphatic heterocycles. The van der Waals surface area contributed by atoms with Crippen LogP contribution in [0, 0.1) is 13.8 Å². The van der Waals surface area contributed by atoms with Gasteiger partial charge in [-0.05, 0) is 37.5 Å². The van der Waals surface area contributed by atoms with E-state index in [1.165, 1.54) is 0 Å². The number of benzene rings is 1. The number of sulfonamides is 1. The van der Waals surface area contributed by atoms with Gasteiger partial charge in [-0.1, -0.05) is 12.1 Å². The van der Waals surface area contributed by atoms with Gasteiger partial charge in [0, 0.05) is 0 Å². The molecule has 0 radical (unpaired) electrons. The van der Waals surface area contributed by atoms with E-state index in [1.807, 2.05) is 32.0 Å². The highest BCUT2D eigenvalue weighted by Crippen LogP contribution is 2.19. The van der Waals surface area contributed by atoms with Crippen LogP contribution >= 0.6 is 0 Å². The number of hydrogen-bond donors (Lipinski definition) is 1. The topological polar surface area (TPSA) is 69.4 Å². The van der Waals surface area contributed by atoms with Gasteiger partial charge in [-0.2, -0.15) is 0 Å². The third-order valence-corrected chi connectivity index (χ3v) is 3.03. The lowest BCUT2D eigenvalue weighted by Gasteiger charge is -2.09. The molecule has 0 aliphatic carbocycles. The maximum atomic E-state index is 10.7. The molecule has 0 spiro atoms. The van der Waals surface area contributed by atoms with E-state index in [1.54, 1.807) is 0 Å². The first kappa shape index (κ1) is 13.0. The van der Waals surface area contributed by atoms with Crippen molar-refractivity contribution in [3.63, 3.8) is 0 Å². The quantitative estimate of drug-likeness (QED) is 0.794. The zero-order valence-corrected chi connectivity index (χ0v) is 10.4. The fourth-order valence-corrected chi connectivity index (χ4v) is 1.83. The number of primary sulfonamides is 1. The minimum absolute atomic E-state index is 0.0438. The van der Waals surface area contributed by atoms with E-state index in [4.69, 9.17) is 9.88 Å². The highest BCUT2D eigenvalue weighted by atomic mass is 32.2. The summed E-state index contributed by atoms with van der Waals surface area (Å²) in [6, 6.07) is 5.92. The maximum Gasteiger partial charge on any atom is 0.209 e. The normalized spacial score (nSPS) is 11.4. The van der Waals surface area contributed by atoms with E-state index in [9.17, 15) is 8.42 Å². The molecule has 0 heterocycles. The largest absolute Gasteiger partial charge is 0.493 e. The van der Waals surface area contributed by atoms with Gasteiger partial charge in [0.05, 0.1) is 12.4 Å². The molecule has 0 aliphatic rings. The average Bonchev–Trinajstić information content (AvgIpc) is 2.16. The monoisotopic (exact) mass is 243 g/mol. The average molecular weight is 243 g/mol. The summed E-state index contributed by atoms with van der Waals surface area (Å²) in [6.07, 6.45) is 0.409. The van der Waals surface area contributed by atoms with Crippen LogP contribution in [0.4, 0.5) is 0 Å². The molecule has 1 rings (SSSR count). The number of hydrogen-bond acceptors (Lipinski definition) is 3. The summed E-state index contributed by atoms with van der Waals surface area (Å²) in [5, 5.41) is 4.89. The Morgan fingerprint density at radius 2 is 2.00 bits per heavy atom. The van der Waals surface area contributed by atoms with Crippen LogP contribution in [0.25, 0.3) is 0 Å². The Morgan fingerprint density at radius 1 is 1.31 bits per heavy atom. The molecular weight excluding hydrogens is 226 g/mol. The molecule has 0 aromatic heterocycles. The van der Waals surface area contributed by atoms with Gasteiger partial charge in [0.25, 0.3) is 0 Å². The predicted octanol–water partition coefficient (Wildman–Crippen LogP) is 1.36. The van der Waals surface area contributed by atoms with Crippen molar-refractivity contribution in [2.24, 2.45) is 5.14 Å². The fourth-order valence-electron chi connectivity index (χ4n) is 1.31. The van der Waals surface area contributed by atoms with E-state index < -0.39 is 10.0 Å². The predicted molar refractivity (Wildman–Crippen MR) is 64.0 cm³/mol. The van der Waals surface area contributed by atoms with Crippen molar-refractivity contribution < 1.29 is 13.2 Å². The molecule has 16 heavy (non-hydrogen) atoms. The van der Waals surface area contributed by atoms with Crippen molar-refractivity contribution in [2.45, 2.75) is 20.3 Å². The smallest absolute Gasteiger partial charge is 0.209 e. The number of ether oxygens (including phenoxy) is 1. The van der Waals surface area contributed by atoms with Crippen molar-refractivity contribution in [3.05, 3.63) is 29.3 Å². The van der Waals surface area contributed by atoms with Crippen LogP contribution in [0.2, 0.25) is 0 Å². The van der Waals surface area contributed by atoms with E-state index in [2.05, 4.69) is 0 Å². The third-order valence-electron chi connectivity index (χ3n) is 2.17. The molecule has 90 valence electrons. The molecule has 2 N–H and O–H groups in total. The molecule has 4 nitrogen and oxygen atoms in total. The second-order valence-corrected chi connectivity index (χ2v) is 5.57. The Kier molecular flexibility index (Phi) is 4.32. The minimum atomic E-state index is -3.38. The van der Waals surface area contributed by atoms with Crippen molar-refractivity contribution in [3.8, 4) is 5.75 Å². The standard InChI is InChI=1S/C11H17NO3S/c1-9-4-5-10(2)11(8-9)15-6-3-7-16(12,13)14/h4-5,8H,3,6-7H2,1-2H3,(H2,12,13,14). The fraction of sp³-hybridized carbons (Fsp3) is 0.455. The molecule has 1 aromatic rings. The van der Waals surface area contributed by atoms with Crippen molar-refractivity contribution in [2.75, 3.05) is 12.4 Å². The molecule has 0 unspecified atom stereocenters. The molecule has 0 atom stereocenters. The molecule has 0 saturated carbocycles. The van der Waals surface area contributed by atoms with Crippen LogP contribution in [0.3, 0.4) is 0 Å². The van der Waals surface area contributed by atoms with Crippen molar-refractivity contribution >= 4 is 10.0 Å². The Morgan fingerprint density at radius 3 is 2.62 bits per heavy atom. The first-order chi connectivity index (χ1) is 7.38. The molecular formula is C11H17NO3S. The first-order valence-electron chi connectivity index (χ1n) is 5.09. The molecule has 0 fully saturated rings. The van der Waals surface area contributed by atoms with Gasteiger partial charge in [-0.25, -0.2) is 13.6 Å². The summed E-state index contributed by atoms with van der Waals surface area (Å²) in [7, 11) is -3.38. The van der Waals surface area contributed by atoms with Crippen LogP contribution in [-0.4, -0.2) is 20.8 Å².